The van der Waals surface area contributed by atoms with Crippen LogP contribution in [0.15, 0.2) is 41.3 Å². The number of nitrogens with zero attached hydrogens (tertiary/aromatic N) is 3. The average molecular weight is 362 g/mol. The molecule has 0 aliphatic carbocycles. The van der Waals surface area contributed by atoms with E-state index in [2.05, 4.69) is 18.5 Å². The number of benzene rings is 2. The lowest BCUT2D eigenvalue weighted by atomic mass is 10.3. The Hall–Kier alpha value is -2.10. The van der Waals surface area contributed by atoms with Crippen molar-refractivity contribution in [1.82, 2.24) is 13.7 Å². The summed E-state index contributed by atoms with van der Waals surface area (Å²) in [6.07, 6.45) is 0. The first-order chi connectivity index (χ1) is 11.0. The van der Waals surface area contributed by atoms with Crippen LogP contribution in [-0.4, -0.2) is 22.1 Å². The fraction of sp³-hybridized carbons (Fsp3) is 0.0714. The minimum Gasteiger partial charge on any atom is -0.279 e. The van der Waals surface area contributed by atoms with Gasteiger partial charge in [-0.25, -0.2) is 13.4 Å². The molecular formula is C14H10N4O2S3. The van der Waals surface area contributed by atoms with Gasteiger partial charge in [-0.05, 0) is 37.3 Å². The Morgan fingerprint density at radius 2 is 1.96 bits per heavy atom. The average Bonchev–Trinajstić information content (AvgIpc) is 3.10. The highest BCUT2D eigenvalue weighted by atomic mass is 32.2. The van der Waals surface area contributed by atoms with Crippen molar-refractivity contribution in [3.8, 4) is 0 Å². The van der Waals surface area contributed by atoms with Gasteiger partial charge in [0.1, 0.15) is 15.9 Å². The lowest BCUT2D eigenvalue weighted by molar-refractivity contribution is 0.602. The third kappa shape index (κ3) is 2.56. The zero-order valence-corrected chi connectivity index (χ0v) is 14.3. The summed E-state index contributed by atoms with van der Waals surface area (Å²) in [5, 5.41) is 0.943. The van der Waals surface area contributed by atoms with Crippen LogP contribution in [0.4, 0.5) is 5.69 Å². The number of aryl methyl sites for hydroxylation is 1. The van der Waals surface area contributed by atoms with E-state index in [1.807, 2.05) is 13.0 Å². The third-order valence-electron chi connectivity index (χ3n) is 3.29. The lowest BCUT2D eigenvalue weighted by Crippen LogP contribution is -2.13. The Balaban J connectivity index is 1.77. The molecule has 6 nitrogen and oxygen atoms in total. The van der Waals surface area contributed by atoms with Crippen molar-refractivity contribution < 1.29 is 8.42 Å². The van der Waals surface area contributed by atoms with Gasteiger partial charge in [0.25, 0.3) is 10.0 Å². The maximum Gasteiger partial charge on any atom is 0.264 e. The highest BCUT2D eigenvalue weighted by Crippen LogP contribution is 2.27. The van der Waals surface area contributed by atoms with Crippen molar-refractivity contribution >= 4 is 60.0 Å². The van der Waals surface area contributed by atoms with E-state index in [1.165, 1.54) is 6.07 Å². The highest BCUT2D eigenvalue weighted by molar-refractivity contribution is 7.93. The third-order valence-corrected chi connectivity index (χ3v) is 6.19. The van der Waals surface area contributed by atoms with E-state index in [4.69, 9.17) is 0 Å². The molecule has 0 spiro atoms. The van der Waals surface area contributed by atoms with Crippen molar-refractivity contribution in [2.75, 3.05) is 4.72 Å². The summed E-state index contributed by atoms with van der Waals surface area (Å²) >= 11 is 2.57. The second-order valence-electron chi connectivity index (χ2n) is 4.91. The number of hydrogen-bond acceptors (Lipinski definition) is 7. The van der Waals surface area contributed by atoms with Gasteiger partial charge in [0.2, 0.25) is 0 Å². The molecule has 23 heavy (non-hydrogen) atoms. The molecule has 0 aliphatic heterocycles. The first-order valence-corrected chi connectivity index (χ1v) is 9.67. The van der Waals surface area contributed by atoms with Crippen LogP contribution in [0.25, 0.3) is 21.3 Å². The van der Waals surface area contributed by atoms with Crippen LogP contribution in [0.5, 0.6) is 0 Å². The van der Waals surface area contributed by atoms with Gasteiger partial charge in [0.15, 0.2) is 0 Å². The van der Waals surface area contributed by atoms with E-state index in [-0.39, 0.29) is 4.90 Å². The summed E-state index contributed by atoms with van der Waals surface area (Å²) < 4.78 is 37.1. The van der Waals surface area contributed by atoms with Crippen LogP contribution in [-0.2, 0) is 10.0 Å². The van der Waals surface area contributed by atoms with Gasteiger partial charge in [-0.2, -0.15) is 8.75 Å². The minimum atomic E-state index is -3.74. The molecule has 0 saturated carbocycles. The van der Waals surface area contributed by atoms with Crippen LogP contribution in [0.3, 0.4) is 0 Å². The van der Waals surface area contributed by atoms with E-state index in [0.29, 0.717) is 16.7 Å². The van der Waals surface area contributed by atoms with Crippen molar-refractivity contribution in [1.29, 1.82) is 0 Å². The van der Waals surface area contributed by atoms with Crippen LogP contribution in [0.1, 0.15) is 5.01 Å². The summed E-state index contributed by atoms with van der Waals surface area (Å²) in [5.74, 6) is 0. The SMILES string of the molecule is Cc1nc2cc(NS(=O)(=O)c3cccc4nsnc34)ccc2s1. The molecule has 0 radical (unpaired) electrons. The van der Waals surface area contributed by atoms with Crippen LogP contribution >= 0.6 is 23.1 Å². The molecule has 0 unspecified atom stereocenters. The Morgan fingerprint density at radius 1 is 1.09 bits per heavy atom. The van der Waals surface area contributed by atoms with Gasteiger partial charge in [-0.3, -0.25) is 4.72 Å². The standard InChI is InChI=1S/C14H10N4O2S3/c1-8-15-11-7-9(5-6-12(11)21-8)18-23(19,20)13-4-2-3-10-14(13)17-22-16-10/h2-7,18H,1H3. The van der Waals surface area contributed by atoms with Crippen molar-refractivity contribution in [2.45, 2.75) is 11.8 Å². The lowest BCUT2D eigenvalue weighted by Gasteiger charge is -2.08. The Bertz CT molecular complexity index is 1130. The summed E-state index contributed by atoms with van der Waals surface area (Å²) in [6, 6.07) is 10.3. The first-order valence-electron chi connectivity index (χ1n) is 6.64. The molecule has 0 fully saturated rings. The van der Waals surface area contributed by atoms with E-state index in [0.717, 1.165) is 27.0 Å². The number of sulfonamides is 1. The first kappa shape index (κ1) is 14.5. The fourth-order valence-electron chi connectivity index (χ4n) is 2.31. The normalized spacial score (nSPS) is 12.0. The monoisotopic (exact) mass is 362 g/mol. The van der Waals surface area contributed by atoms with Crippen LogP contribution < -0.4 is 4.72 Å². The van der Waals surface area contributed by atoms with Gasteiger partial charge in [-0.15, -0.1) is 11.3 Å². The molecule has 4 rings (SSSR count). The summed E-state index contributed by atoms with van der Waals surface area (Å²) in [6.45, 7) is 1.92. The Labute approximate surface area is 140 Å². The highest BCUT2D eigenvalue weighted by Gasteiger charge is 2.20. The van der Waals surface area contributed by atoms with E-state index >= 15 is 0 Å². The molecule has 2 aromatic heterocycles. The molecule has 0 saturated heterocycles. The zero-order valence-electron chi connectivity index (χ0n) is 11.8. The summed E-state index contributed by atoms with van der Waals surface area (Å²) in [4.78, 5) is 4.50. The number of hydrogen-bond donors (Lipinski definition) is 1. The summed E-state index contributed by atoms with van der Waals surface area (Å²) in [7, 11) is -3.74. The molecule has 4 aromatic rings. The molecule has 0 atom stereocenters. The van der Waals surface area contributed by atoms with E-state index in [9.17, 15) is 8.42 Å². The number of fused-ring (bicyclic) bond motifs is 2. The van der Waals surface area contributed by atoms with Gasteiger partial charge in [-0.1, -0.05) is 6.07 Å². The van der Waals surface area contributed by atoms with E-state index < -0.39 is 10.0 Å². The number of rotatable bonds is 3. The van der Waals surface area contributed by atoms with Gasteiger partial charge in [0, 0.05) is 0 Å². The number of nitrogens with one attached hydrogen (secondary N) is 1. The molecular weight excluding hydrogens is 352 g/mol. The number of thiazole rings is 1. The van der Waals surface area contributed by atoms with Gasteiger partial charge in [0.05, 0.1) is 32.6 Å². The van der Waals surface area contributed by atoms with Crippen LogP contribution in [0, 0.1) is 6.92 Å². The Morgan fingerprint density at radius 3 is 2.83 bits per heavy atom. The van der Waals surface area contributed by atoms with Crippen molar-refractivity contribution in [2.24, 2.45) is 0 Å². The molecule has 1 N–H and O–H groups in total. The second kappa shape index (κ2) is 5.22. The number of anilines is 1. The fourth-order valence-corrected chi connectivity index (χ4v) is 4.94. The van der Waals surface area contributed by atoms with Crippen molar-refractivity contribution in [3.05, 3.63) is 41.4 Å². The topological polar surface area (TPSA) is 84.8 Å². The van der Waals surface area contributed by atoms with Gasteiger partial charge < -0.3 is 0 Å². The molecule has 9 heteroatoms. The molecule has 0 aliphatic rings. The van der Waals surface area contributed by atoms with Crippen molar-refractivity contribution in [3.63, 3.8) is 0 Å². The molecule has 0 amide bonds. The Kier molecular flexibility index (Phi) is 3.29. The zero-order chi connectivity index (χ0) is 16.0. The summed E-state index contributed by atoms with van der Waals surface area (Å²) in [5.41, 5.74) is 2.21. The predicted octanol–water partition coefficient (Wildman–Crippen LogP) is 3.41. The maximum atomic E-state index is 12.7. The molecule has 0 bridgehead atoms. The largest absolute Gasteiger partial charge is 0.279 e. The quantitative estimate of drug-likeness (QED) is 0.604. The van der Waals surface area contributed by atoms with E-state index in [1.54, 1.807) is 35.6 Å². The van der Waals surface area contributed by atoms with Crippen LogP contribution in [0.2, 0.25) is 0 Å². The molecule has 2 heterocycles. The van der Waals surface area contributed by atoms with Gasteiger partial charge >= 0.3 is 0 Å². The second-order valence-corrected chi connectivity index (χ2v) is 8.32. The number of aromatic nitrogens is 3. The molecule has 2 aromatic carbocycles. The maximum absolute atomic E-state index is 12.7. The molecule has 116 valence electrons. The minimum absolute atomic E-state index is 0.123. The smallest absolute Gasteiger partial charge is 0.264 e. The predicted molar refractivity (Wildman–Crippen MR) is 92.6 cm³/mol.